The van der Waals surface area contributed by atoms with Gasteiger partial charge in [0.15, 0.2) is 0 Å². The van der Waals surface area contributed by atoms with Crippen molar-refractivity contribution in [1.82, 2.24) is 4.58 Å². The highest BCUT2D eigenvalue weighted by atomic mass is 16.1. The van der Waals surface area contributed by atoms with Gasteiger partial charge in [-0.3, -0.25) is 4.79 Å². The van der Waals surface area contributed by atoms with E-state index >= 15 is 0 Å². The van der Waals surface area contributed by atoms with Gasteiger partial charge in [-0.25, -0.2) is 0 Å². The molecule has 0 saturated carbocycles. The lowest BCUT2D eigenvalue weighted by molar-refractivity contribution is 0.106. The Labute approximate surface area is 250 Å². The predicted octanol–water partition coefficient (Wildman–Crippen LogP) is 9.00. The zero-order chi connectivity index (χ0) is 29.9. The fraction of sp³-hybridized carbons (Fsp3) is 0.282. The molecule has 0 spiro atoms. The Morgan fingerprint density at radius 3 is 1.98 bits per heavy atom. The van der Waals surface area contributed by atoms with Crippen LogP contribution in [-0.4, -0.2) is 24.6 Å². The molecule has 4 aromatic carbocycles. The summed E-state index contributed by atoms with van der Waals surface area (Å²) >= 11 is 0. The van der Waals surface area contributed by atoms with Crippen LogP contribution in [-0.2, 0) is 6.42 Å². The number of ketones is 1. The van der Waals surface area contributed by atoms with E-state index in [4.69, 9.17) is 0 Å². The van der Waals surface area contributed by atoms with Crippen molar-refractivity contribution >= 4 is 40.7 Å². The smallest absolute Gasteiger partial charge is 0.268 e. The average molecular weight is 554 g/mol. The molecule has 2 aliphatic rings. The molecule has 0 radical (unpaired) electrons. The molecule has 3 heteroatoms. The minimum Gasteiger partial charge on any atom is -0.372 e. The molecule has 2 heterocycles. The molecule has 0 amide bonds. The molecule has 0 aromatic heterocycles. The van der Waals surface area contributed by atoms with E-state index in [0.717, 1.165) is 51.3 Å². The third-order valence-corrected chi connectivity index (χ3v) is 9.16. The van der Waals surface area contributed by atoms with Crippen LogP contribution in [0.5, 0.6) is 0 Å². The van der Waals surface area contributed by atoms with Crippen molar-refractivity contribution < 1.29 is 4.79 Å². The van der Waals surface area contributed by atoms with Gasteiger partial charge in [-0.15, -0.1) is 4.58 Å². The van der Waals surface area contributed by atoms with Gasteiger partial charge in [-0.1, -0.05) is 41.5 Å². The number of carbonyl (C=O) groups excluding carboxylic acids is 1. The maximum absolute atomic E-state index is 14.4. The van der Waals surface area contributed by atoms with Crippen molar-refractivity contribution in [3.8, 4) is 0 Å². The maximum Gasteiger partial charge on any atom is 0.268 e. The molecule has 42 heavy (non-hydrogen) atoms. The molecule has 0 aliphatic carbocycles. The van der Waals surface area contributed by atoms with Gasteiger partial charge in [0.1, 0.15) is 5.56 Å². The summed E-state index contributed by atoms with van der Waals surface area (Å²) in [6, 6.07) is 22.5. The Hall–Kier alpha value is -4.24. The number of benzene rings is 4. The summed E-state index contributed by atoms with van der Waals surface area (Å²) < 4.78 is 2.22. The van der Waals surface area contributed by atoms with E-state index in [2.05, 4.69) is 138 Å². The highest BCUT2D eigenvalue weighted by Gasteiger charge is 2.43. The highest BCUT2D eigenvalue weighted by Crippen LogP contribution is 2.38. The largest absolute Gasteiger partial charge is 0.372 e. The lowest BCUT2D eigenvalue weighted by Crippen LogP contribution is -2.33. The second-order valence-electron chi connectivity index (χ2n) is 12.5. The predicted molar refractivity (Wildman–Crippen MR) is 179 cm³/mol. The summed E-state index contributed by atoms with van der Waals surface area (Å²) in [4.78, 5) is 16.8. The zero-order valence-corrected chi connectivity index (χ0v) is 26.2. The molecule has 4 aromatic rings. The Bertz CT molecular complexity index is 1790. The highest BCUT2D eigenvalue weighted by molar-refractivity contribution is 6.56. The topological polar surface area (TPSA) is 23.3 Å². The van der Waals surface area contributed by atoms with Crippen LogP contribution in [0.3, 0.4) is 0 Å². The summed E-state index contributed by atoms with van der Waals surface area (Å²) in [5.74, 6) is 0.0839. The molecule has 0 bridgehead atoms. The summed E-state index contributed by atoms with van der Waals surface area (Å²) in [5, 5.41) is 0. The Morgan fingerprint density at radius 1 is 0.762 bits per heavy atom. The lowest BCUT2D eigenvalue weighted by atomic mass is 9.92. The standard InChI is InChI=1S/C39H41N2O/c1-23-17-25(3)36(26(4)18-23)38-39(42)33-22-31(11-10-30-12-15-34-32(21-30)14-9-29(7)40(34)8)13-16-35(33)41(38)37-27(5)19-24(2)20-28(37)6/h10-13,15-22,29H,9,14H2,1-8H3/q+1. The van der Waals surface area contributed by atoms with Crippen LogP contribution in [0.25, 0.3) is 12.2 Å². The van der Waals surface area contributed by atoms with E-state index in [-0.39, 0.29) is 5.78 Å². The van der Waals surface area contributed by atoms with Gasteiger partial charge >= 0.3 is 0 Å². The first-order valence-electron chi connectivity index (χ1n) is 15.1. The molecule has 1 unspecified atom stereocenters. The number of hydrogen-bond donors (Lipinski definition) is 0. The Kier molecular flexibility index (Phi) is 7.01. The normalized spacial score (nSPS) is 16.4. The van der Waals surface area contributed by atoms with E-state index < -0.39 is 0 Å². The minimum absolute atomic E-state index is 0.0839. The fourth-order valence-corrected chi connectivity index (χ4v) is 7.16. The third-order valence-electron chi connectivity index (χ3n) is 9.16. The molecule has 212 valence electrons. The fourth-order valence-electron chi connectivity index (χ4n) is 7.16. The number of Topliss-reactive ketones (excluding diaryl/α,β-unsaturated/α-hetero) is 1. The van der Waals surface area contributed by atoms with Crippen LogP contribution in [0.2, 0.25) is 0 Å². The number of nitrogens with zero attached hydrogens (tertiary/aromatic N) is 2. The van der Waals surface area contributed by atoms with E-state index in [9.17, 15) is 4.79 Å². The van der Waals surface area contributed by atoms with Gasteiger partial charge < -0.3 is 4.90 Å². The lowest BCUT2D eigenvalue weighted by Gasteiger charge is -2.34. The third kappa shape index (κ3) is 4.71. The van der Waals surface area contributed by atoms with Gasteiger partial charge in [-0.2, -0.15) is 0 Å². The van der Waals surface area contributed by atoms with Crippen LogP contribution in [0.15, 0.2) is 60.7 Å². The molecular weight excluding hydrogens is 512 g/mol. The SMILES string of the molecule is Cc1cc(C)c(C2=[N+](c3c(C)cc(C)cc3C)c3ccc(C=Cc4ccc5c(c4)CCC(C)N5C)cc3C2=O)c(C)c1. The molecular formula is C39H41N2O+. The summed E-state index contributed by atoms with van der Waals surface area (Å²) in [7, 11) is 2.19. The first-order chi connectivity index (χ1) is 20.0. The quantitative estimate of drug-likeness (QED) is 0.186. The number of hydrogen-bond acceptors (Lipinski definition) is 2. The zero-order valence-electron chi connectivity index (χ0n) is 26.2. The van der Waals surface area contributed by atoms with Gasteiger partial charge in [-0.05, 0) is 126 Å². The summed E-state index contributed by atoms with van der Waals surface area (Å²) in [6.07, 6.45) is 6.60. The monoisotopic (exact) mass is 553 g/mol. The summed E-state index contributed by atoms with van der Waals surface area (Å²) in [6.45, 7) is 15.1. The van der Waals surface area contributed by atoms with Crippen LogP contribution < -0.4 is 9.48 Å². The van der Waals surface area contributed by atoms with Gasteiger partial charge in [0.2, 0.25) is 11.4 Å². The molecule has 6 rings (SSSR count). The summed E-state index contributed by atoms with van der Waals surface area (Å²) in [5.41, 5.74) is 16.6. The van der Waals surface area contributed by atoms with E-state index in [0.29, 0.717) is 6.04 Å². The first kappa shape index (κ1) is 27.9. The van der Waals surface area contributed by atoms with E-state index in [1.807, 2.05) is 0 Å². The van der Waals surface area contributed by atoms with Crippen molar-refractivity contribution in [3.05, 3.63) is 122 Å². The van der Waals surface area contributed by atoms with E-state index in [1.165, 1.54) is 45.5 Å². The van der Waals surface area contributed by atoms with Crippen molar-refractivity contribution in [2.24, 2.45) is 0 Å². The van der Waals surface area contributed by atoms with Gasteiger partial charge in [0, 0.05) is 36.0 Å². The molecule has 0 N–H and O–H groups in total. The number of fused-ring (bicyclic) bond motifs is 2. The maximum atomic E-state index is 14.4. The second kappa shape index (κ2) is 10.5. The number of aryl methyl sites for hydroxylation is 7. The number of anilines is 1. The Balaban J connectivity index is 1.45. The van der Waals surface area contributed by atoms with E-state index in [1.54, 1.807) is 0 Å². The molecule has 0 saturated heterocycles. The van der Waals surface area contributed by atoms with Crippen LogP contribution in [0.4, 0.5) is 17.1 Å². The average Bonchev–Trinajstić information content (AvgIpc) is 3.19. The van der Waals surface area contributed by atoms with Crippen LogP contribution in [0, 0.1) is 41.5 Å². The van der Waals surface area contributed by atoms with Crippen LogP contribution in [0.1, 0.15) is 79.3 Å². The van der Waals surface area contributed by atoms with Crippen molar-refractivity contribution in [3.63, 3.8) is 0 Å². The van der Waals surface area contributed by atoms with Crippen molar-refractivity contribution in [1.29, 1.82) is 0 Å². The van der Waals surface area contributed by atoms with Gasteiger partial charge in [0.05, 0.1) is 5.56 Å². The second-order valence-corrected chi connectivity index (χ2v) is 12.5. The van der Waals surface area contributed by atoms with Crippen molar-refractivity contribution in [2.75, 3.05) is 11.9 Å². The first-order valence-corrected chi connectivity index (χ1v) is 15.1. The minimum atomic E-state index is 0.0839. The molecule has 2 aliphatic heterocycles. The molecule has 3 nitrogen and oxygen atoms in total. The Morgan fingerprint density at radius 2 is 1.33 bits per heavy atom. The molecule has 0 fully saturated rings. The van der Waals surface area contributed by atoms with Crippen molar-refractivity contribution in [2.45, 2.75) is 67.3 Å². The number of carbonyl (C=O) groups is 1. The molecule has 1 atom stereocenters. The van der Waals surface area contributed by atoms with Crippen LogP contribution >= 0.6 is 0 Å². The van der Waals surface area contributed by atoms with Gasteiger partial charge in [0.25, 0.3) is 11.5 Å². The number of rotatable bonds is 4.